The lowest BCUT2D eigenvalue weighted by molar-refractivity contribution is 0.146. The zero-order valence-electron chi connectivity index (χ0n) is 8.18. The van der Waals surface area contributed by atoms with Crippen molar-refractivity contribution in [3.8, 4) is 0 Å². The van der Waals surface area contributed by atoms with Crippen molar-refractivity contribution in [3.63, 3.8) is 0 Å². The highest BCUT2D eigenvalue weighted by Gasteiger charge is 2.30. The van der Waals surface area contributed by atoms with Gasteiger partial charge in [0.25, 0.3) is 0 Å². The molecule has 0 saturated carbocycles. The molecule has 3 rings (SSSR count). The van der Waals surface area contributed by atoms with Gasteiger partial charge in [0.2, 0.25) is 0 Å². The topological polar surface area (TPSA) is 58.3 Å². The van der Waals surface area contributed by atoms with Crippen molar-refractivity contribution in [2.24, 2.45) is 0 Å². The summed E-state index contributed by atoms with van der Waals surface area (Å²) in [5, 5.41) is 17.9. The summed E-state index contributed by atoms with van der Waals surface area (Å²) in [6.07, 6.45) is 0.390. The number of rotatable bonds is 1. The summed E-state index contributed by atoms with van der Waals surface area (Å²) in [5.41, 5.74) is 0.841. The number of nitrogens with one attached hydrogen (secondary N) is 1. The Labute approximate surface area is 86.9 Å². The number of nitrogens with zero attached hydrogens (tertiary/aromatic N) is 1. The molecule has 1 aliphatic rings. The molecule has 2 N–H and O–H groups in total. The van der Waals surface area contributed by atoms with Crippen LogP contribution in [-0.2, 0) is 0 Å². The molecule has 2 aromatic rings. The van der Waals surface area contributed by atoms with Gasteiger partial charge >= 0.3 is 0 Å². The van der Waals surface area contributed by atoms with Gasteiger partial charge in [-0.1, -0.05) is 17.3 Å². The van der Waals surface area contributed by atoms with Crippen LogP contribution in [0.25, 0.3) is 10.9 Å². The van der Waals surface area contributed by atoms with E-state index in [2.05, 4.69) is 10.5 Å². The molecule has 0 amide bonds. The Bertz CT molecular complexity index is 480. The summed E-state index contributed by atoms with van der Waals surface area (Å²) in [6, 6.07) is 7.63. The van der Waals surface area contributed by atoms with Crippen molar-refractivity contribution in [1.82, 2.24) is 10.5 Å². The van der Waals surface area contributed by atoms with Crippen molar-refractivity contribution in [1.29, 1.82) is 0 Å². The third-order valence-corrected chi connectivity index (χ3v) is 2.88. The van der Waals surface area contributed by atoms with Crippen LogP contribution in [0.4, 0.5) is 0 Å². The Kier molecular flexibility index (Phi) is 1.97. The van der Waals surface area contributed by atoms with E-state index >= 15 is 0 Å². The van der Waals surface area contributed by atoms with Crippen LogP contribution in [0.1, 0.15) is 18.2 Å². The van der Waals surface area contributed by atoms with Crippen LogP contribution < -0.4 is 5.32 Å². The van der Waals surface area contributed by atoms with Crippen molar-refractivity contribution < 1.29 is 9.63 Å². The monoisotopic (exact) mass is 204 g/mol. The van der Waals surface area contributed by atoms with Crippen LogP contribution >= 0.6 is 0 Å². The minimum Gasteiger partial charge on any atom is -0.391 e. The Hall–Kier alpha value is -1.39. The highest BCUT2D eigenvalue weighted by molar-refractivity contribution is 5.80. The van der Waals surface area contributed by atoms with Gasteiger partial charge in [0.05, 0.1) is 12.1 Å². The van der Waals surface area contributed by atoms with Crippen LogP contribution in [-0.4, -0.2) is 22.9 Å². The smallest absolute Gasteiger partial charge is 0.164 e. The van der Waals surface area contributed by atoms with Gasteiger partial charge in [-0.05, 0) is 25.1 Å². The zero-order valence-corrected chi connectivity index (χ0v) is 8.18. The molecule has 1 aromatic heterocycles. The second kappa shape index (κ2) is 3.32. The SMILES string of the molecule is OC1CCNC1c1onc2ccccc12. The maximum absolute atomic E-state index is 9.77. The lowest BCUT2D eigenvalue weighted by atomic mass is 10.1. The van der Waals surface area contributed by atoms with Gasteiger partial charge in [-0.3, -0.25) is 0 Å². The predicted molar refractivity (Wildman–Crippen MR) is 55.4 cm³/mol. The minimum absolute atomic E-state index is 0.114. The van der Waals surface area contributed by atoms with Gasteiger partial charge in [-0.2, -0.15) is 0 Å². The average molecular weight is 204 g/mol. The third kappa shape index (κ3) is 1.33. The summed E-state index contributed by atoms with van der Waals surface area (Å²) in [7, 11) is 0. The maximum Gasteiger partial charge on any atom is 0.164 e. The highest BCUT2D eigenvalue weighted by atomic mass is 16.5. The van der Waals surface area contributed by atoms with Gasteiger partial charge in [-0.25, -0.2) is 0 Å². The fraction of sp³-hybridized carbons (Fsp3) is 0.364. The molecule has 1 aromatic carbocycles. The van der Waals surface area contributed by atoms with Crippen LogP contribution in [0.3, 0.4) is 0 Å². The number of aromatic nitrogens is 1. The molecular weight excluding hydrogens is 192 g/mol. The molecule has 4 nitrogen and oxygen atoms in total. The normalized spacial score (nSPS) is 26.2. The van der Waals surface area contributed by atoms with Crippen LogP contribution in [0, 0.1) is 0 Å². The number of aliphatic hydroxyl groups is 1. The molecule has 1 aliphatic heterocycles. The second-order valence-electron chi connectivity index (χ2n) is 3.85. The minimum atomic E-state index is -0.374. The summed E-state index contributed by atoms with van der Waals surface area (Å²) in [4.78, 5) is 0. The number of hydrogen-bond acceptors (Lipinski definition) is 4. The Morgan fingerprint density at radius 3 is 3.07 bits per heavy atom. The number of fused-ring (bicyclic) bond motifs is 1. The molecule has 78 valence electrons. The van der Waals surface area contributed by atoms with Crippen molar-refractivity contribution in [3.05, 3.63) is 30.0 Å². The molecule has 4 heteroatoms. The van der Waals surface area contributed by atoms with Crippen LogP contribution in [0.5, 0.6) is 0 Å². The van der Waals surface area contributed by atoms with E-state index in [9.17, 15) is 5.11 Å². The maximum atomic E-state index is 9.77. The van der Waals surface area contributed by atoms with Crippen molar-refractivity contribution >= 4 is 10.9 Å². The molecule has 1 saturated heterocycles. The van der Waals surface area contributed by atoms with E-state index in [-0.39, 0.29) is 12.1 Å². The van der Waals surface area contributed by atoms with Gasteiger partial charge in [0.15, 0.2) is 5.76 Å². The van der Waals surface area contributed by atoms with E-state index in [4.69, 9.17) is 4.52 Å². The summed E-state index contributed by atoms with van der Waals surface area (Å²) >= 11 is 0. The molecule has 15 heavy (non-hydrogen) atoms. The molecular formula is C11H12N2O2. The fourth-order valence-electron chi connectivity index (χ4n) is 2.09. The Morgan fingerprint density at radius 1 is 1.40 bits per heavy atom. The summed E-state index contributed by atoms with van der Waals surface area (Å²) < 4.78 is 5.30. The second-order valence-corrected chi connectivity index (χ2v) is 3.85. The number of aliphatic hydroxyl groups excluding tert-OH is 1. The van der Waals surface area contributed by atoms with E-state index in [1.165, 1.54) is 0 Å². The van der Waals surface area contributed by atoms with Gasteiger partial charge in [0, 0.05) is 5.39 Å². The van der Waals surface area contributed by atoms with Gasteiger partial charge in [-0.15, -0.1) is 0 Å². The fourth-order valence-corrected chi connectivity index (χ4v) is 2.09. The quantitative estimate of drug-likeness (QED) is 0.733. The van der Waals surface area contributed by atoms with Crippen LogP contribution in [0.15, 0.2) is 28.8 Å². The summed E-state index contributed by atoms with van der Waals surface area (Å²) in [5.74, 6) is 0.746. The first-order valence-electron chi connectivity index (χ1n) is 5.12. The first-order chi connectivity index (χ1) is 7.36. The largest absolute Gasteiger partial charge is 0.391 e. The average Bonchev–Trinajstić information content (AvgIpc) is 2.83. The molecule has 0 aliphatic carbocycles. The van der Waals surface area contributed by atoms with E-state index in [0.29, 0.717) is 0 Å². The lowest BCUT2D eigenvalue weighted by Gasteiger charge is -2.10. The zero-order chi connectivity index (χ0) is 10.3. The Balaban J connectivity index is 2.10. The molecule has 0 spiro atoms. The van der Waals surface area contributed by atoms with E-state index in [0.717, 1.165) is 29.6 Å². The Morgan fingerprint density at radius 2 is 2.27 bits per heavy atom. The number of hydrogen-bond donors (Lipinski definition) is 2. The standard InChI is InChI=1S/C11H12N2O2/c14-9-5-6-12-10(9)11-7-3-1-2-4-8(7)13-15-11/h1-4,9-10,12,14H,5-6H2. The van der Waals surface area contributed by atoms with Gasteiger partial charge in [0.1, 0.15) is 5.52 Å². The van der Waals surface area contributed by atoms with Crippen LogP contribution in [0.2, 0.25) is 0 Å². The molecule has 1 fully saturated rings. The predicted octanol–water partition coefficient (Wildman–Crippen LogP) is 1.22. The molecule has 2 heterocycles. The van der Waals surface area contributed by atoms with Gasteiger partial charge < -0.3 is 14.9 Å². The molecule has 2 unspecified atom stereocenters. The van der Waals surface area contributed by atoms with E-state index < -0.39 is 0 Å². The molecule has 2 atom stereocenters. The van der Waals surface area contributed by atoms with Crippen molar-refractivity contribution in [2.75, 3.05) is 6.54 Å². The molecule has 0 radical (unpaired) electrons. The van der Waals surface area contributed by atoms with Crippen molar-refractivity contribution in [2.45, 2.75) is 18.6 Å². The lowest BCUT2D eigenvalue weighted by Crippen LogP contribution is -2.20. The first-order valence-corrected chi connectivity index (χ1v) is 5.12. The van der Waals surface area contributed by atoms with E-state index in [1.54, 1.807) is 0 Å². The number of benzene rings is 1. The third-order valence-electron chi connectivity index (χ3n) is 2.88. The molecule has 0 bridgehead atoms. The highest BCUT2D eigenvalue weighted by Crippen LogP contribution is 2.29. The summed E-state index contributed by atoms with van der Waals surface area (Å²) in [6.45, 7) is 0.820. The van der Waals surface area contributed by atoms with E-state index in [1.807, 2.05) is 24.3 Å². The first kappa shape index (κ1) is 8.88.